The van der Waals surface area contributed by atoms with Crippen molar-refractivity contribution in [3.63, 3.8) is 0 Å². The van der Waals surface area contributed by atoms with E-state index in [1.165, 1.54) is 4.31 Å². The summed E-state index contributed by atoms with van der Waals surface area (Å²) in [6.07, 6.45) is 1.05. The van der Waals surface area contributed by atoms with Gasteiger partial charge in [-0.1, -0.05) is 15.9 Å². The summed E-state index contributed by atoms with van der Waals surface area (Å²) in [5.41, 5.74) is -0.190. The van der Waals surface area contributed by atoms with E-state index in [9.17, 15) is 18.3 Å². The first-order chi connectivity index (χ1) is 9.67. The van der Waals surface area contributed by atoms with Crippen LogP contribution >= 0.6 is 15.9 Å². The highest BCUT2D eigenvalue weighted by Gasteiger charge is 2.42. The average molecular weight is 376 g/mol. The molecular formula is C14H18BrNO4S. The molecule has 0 aliphatic carbocycles. The van der Waals surface area contributed by atoms with Crippen molar-refractivity contribution in [2.24, 2.45) is 5.41 Å². The first kappa shape index (κ1) is 16.5. The maximum Gasteiger partial charge on any atom is 0.310 e. The van der Waals surface area contributed by atoms with Crippen LogP contribution in [0, 0.1) is 12.3 Å². The summed E-state index contributed by atoms with van der Waals surface area (Å²) in [6, 6.07) is 4.84. The van der Waals surface area contributed by atoms with Crippen LogP contribution in [0.1, 0.15) is 25.3 Å². The second kappa shape index (κ2) is 5.70. The van der Waals surface area contributed by atoms with Gasteiger partial charge in [0.15, 0.2) is 0 Å². The molecule has 1 aliphatic heterocycles. The first-order valence-corrected chi connectivity index (χ1v) is 8.90. The Labute approximate surface area is 133 Å². The van der Waals surface area contributed by atoms with E-state index in [0.717, 1.165) is 10.0 Å². The van der Waals surface area contributed by atoms with Gasteiger partial charge in [0, 0.05) is 17.6 Å². The number of hydrogen-bond donors (Lipinski definition) is 1. The minimum Gasteiger partial charge on any atom is -0.481 e. The molecule has 116 valence electrons. The summed E-state index contributed by atoms with van der Waals surface area (Å²) in [6.45, 7) is 3.80. The standard InChI is InChI=1S/C14H18BrNO4S/c1-10-8-11(4-5-12(10)15)21(19,20)16-7-3-6-14(2,9-16)13(17)18/h4-5,8H,3,6-7,9H2,1-2H3,(H,17,18). The predicted molar refractivity (Wildman–Crippen MR) is 82.6 cm³/mol. The summed E-state index contributed by atoms with van der Waals surface area (Å²) in [5, 5.41) is 9.30. The van der Waals surface area contributed by atoms with Gasteiger partial charge >= 0.3 is 5.97 Å². The summed E-state index contributed by atoms with van der Waals surface area (Å²) in [4.78, 5) is 11.6. The Balaban J connectivity index is 2.35. The zero-order valence-corrected chi connectivity index (χ0v) is 14.4. The molecule has 21 heavy (non-hydrogen) atoms. The fourth-order valence-electron chi connectivity index (χ4n) is 2.50. The number of aliphatic carboxylic acids is 1. The quantitative estimate of drug-likeness (QED) is 0.880. The van der Waals surface area contributed by atoms with Gasteiger partial charge < -0.3 is 5.11 Å². The molecule has 1 aromatic rings. The molecule has 0 aromatic heterocycles. The largest absolute Gasteiger partial charge is 0.481 e. The summed E-state index contributed by atoms with van der Waals surface area (Å²) in [5.74, 6) is -0.950. The molecular weight excluding hydrogens is 358 g/mol. The highest BCUT2D eigenvalue weighted by atomic mass is 79.9. The van der Waals surface area contributed by atoms with Crippen LogP contribution in [0.3, 0.4) is 0 Å². The van der Waals surface area contributed by atoms with Crippen LogP contribution in [0.2, 0.25) is 0 Å². The minimum atomic E-state index is -3.66. The summed E-state index contributed by atoms with van der Waals surface area (Å²) >= 11 is 3.34. The van der Waals surface area contributed by atoms with E-state index in [0.29, 0.717) is 19.4 Å². The molecule has 1 unspecified atom stereocenters. The number of sulfonamides is 1. The third-order valence-electron chi connectivity index (χ3n) is 3.94. The predicted octanol–water partition coefficient (Wildman–Crippen LogP) is 2.63. The average Bonchev–Trinajstić information content (AvgIpc) is 2.41. The van der Waals surface area contributed by atoms with Crippen molar-refractivity contribution >= 4 is 31.9 Å². The molecule has 1 fully saturated rings. The zero-order chi connectivity index (χ0) is 15.8. The van der Waals surface area contributed by atoms with Gasteiger partial charge in [0.2, 0.25) is 10.0 Å². The highest BCUT2D eigenvalue weighted by Crippen LogP contribution is 2.33. The van der Waals surface area contributed by atoms with Crippen molar-refractivity contribution in [2.75, 3.05) is 13.1 Å². The minimum absolute atomic E-state index is 0.0137. The van der Waals surface area contributed by atoms with E-state index in [4.69, 9.17) is 0 Å². The number of halogens is 1. The third kappa shape index (κ3) is 3.14. The summed E-state index contributed by atoms with van der Waals surface area (Å²) in [7, 11) is -3.66. The number of carboxylic acids is 1. The van der Waals surface area contributed by atoms with Crippen molar-refractivity contribution < 1.29 is 18.3 Å². The Kier molecular flexibility index (Phi) is 4.46. The third-order valence-corrected chi connectivity index (χ3v) is 6.68. The smallest absolute Gasteiger partial charge is 0.310 e. The molecule has 1 aliphatic rings. The summed E-state index contributed by atoms with van der Waals surface area (Å²) < 4.78 is 27.5. The van der Waals surface area contributed by atoms with Gasteiger partial charge in [-0.15, -0.1) is 0 Å². The monoisotopic (exact) mass is 375 g/mol. The molecule has 7 heteroatoms. The topological polar surface area (TPSA) is 74.7 Å². The Morgan fingerprint density at radius 1 is 1.43 bits per heavy atom. The van der Waals surface area contributed by atoms with Crippen LogP contribution in [-0.4, -0.2) is 36.9 Å². The van der Waals surface area contributed by atoms with Crippen molar-refractivity contribution in [3.8, 4) is 0 Å². The number of benzene rings is 1. The fraction of sp³-hybridized carbons (Fsp3) is 0.500. The van der Waals surface area contributed by atoms with Crippen molar-refractivity contribution in [1.82, 2.24) is 4.31 Å². The normalized spacial score (nSPS) is 24.0. The number of carbonyl (C=O) groups is 1. The maximum atomic E-state index is 12.7. The number of carboxylic acid groups (broad SMARTS) is 1. The van der Waals surface area contributed by atoms with Crippen molar-refractivity contribution in [1.29, 1.82) is 0 Å². The highest BCUT2D eigenvalue weighted by molar-refractivity contribution is 9.10. The molecule has 1 saturated heterocycles. The van der Waals surface area contributed by atoms with Crippen LogP contribution in [0.5, 0.6) is 0 Å². The number of nitrogens with zero attached hydrogens (tertiary/aromatic N) is 1. The van der Waals surface area contributed by atoms with Gasteiger partial charge in [0.1, 0.15) is 0 Å². The lowest BCUT2D eigenvalue weighted by Crippen LogP contribution is -2.48. The molecule has 1 aromatic carbocycles. The molecule has 0 spiro atoms. The van der Waals surface area contributed by atoms with Crippen molar-refractivity contribution in [2.45, 2.75) is 31.6 Å². The number of rotatable bonds is 3. The Morgan fingerprint density at radius 2 is 2.10 bits per heavy atom. The lowest BCUT2D eigenvalue weighted by atomic mass is 9.83. The Bertz CT molecular complexity index is 674. The number of aryl methyl sites for hydroxylation is 1. The molecule has 0 radical (unpaired) electrons. The number of piperidine rings is 1. The lowest BCUT2D eigenvalue weighted by molar-refractivity contribution is -0.150. The van der Waals surface area contributed by atoms with Gasteiger partial charge in [-0.05, 0) is 50.5 Å². The van der Waals surface area contributed by atoms with Gasteiger partial charge in [0.05, 0.1) is 10.3 Å². The maximum absolute atomic E-state index is 12.7. The van der Waals surface area contributed by atoms with Gasteiger partial charge in [-0.25, -0.2) is 8.42 Å². The molecule has 1 heterocycles. The molecule has 0 bridgehead atoms. The molecule has 1 N–H and O–H groups in total. The first-order valence-electron chi connectivity index (χ1n) is 6.66. The van der Waals surface area contributed by atoms with Gasteiger partial charge in [-0.3, -0.25) is 4.79 Å². The second-order valence-corrected chi connectivity index (χ2v) is 8.51. The molecule has 2 rings (SSSR count). The molecule has 0 amide bonds. The van der Waals surface area contributed by atoms with Crippen LogP contribution in [0.25, 0.3) is 0 Å². The zero-order valence-electron chi connectivity index (χ0n) is 12.0. The van der Waals surface area contributed by atoms with E-state index >= 15 is 0 Å². The van der Waals surface area contributed by atoms with Crippen LogP contribution in [0.4, 0.5) is 0 Å². The van der Waals surface area contributed by atoms with Crippen LogP contribution < -0.4 is 0 Å². The fourth-order valence-corrected chi connectivity index (χ4v) is 4.43. The van der Waals surface area contributed by atoms with Crippen LogP contribution in [-0.2, 0) is 14.8 Å². The SMILES string of the molecule is Cc1cc(S(=O)(=O)N2CCCC(C)(C(=O)O)C2)ccc1Br. The molecule has 1 atom stereocenters. The van der Waals surface area contributed by atoms with E-state index in [2.05, 4.69) is 15.9 Å². The number of hydrogen-bond acceptors (Lipinski definition) is 3. The van der Waals surface area contributed by atoms with E-state index < -0.39 is 21.4 Å². The molecule has 0 saturated carbocycles. The Hall–Kier alpha value is -0.920. The van der Waals surface area contributed by atoms with Gasteiger partial charge in [0.25, 0.3) is 0 Å². The van der Waals surface area contributed by atoms with Gasteiger partial charge in [-0.2, -0.15) is 4.31 Å². The van der Waals surface area contributed by atoms with Crippen LogP contribution in [0.15, 0.2) is 27.6 Å². The van der Waals surface area contributed by atoms with E-state index in [-0.39, 0.29) is 11.4 Å². The van der Waals surface area contributed by atoms with E-state index in [1.54, 1.807) is 25.1 Å². The lowest BCUT2D eigenvalue weighted by Gasteiger charge is -2.36. The van der Waals surface area contributed by atoms with E-state index in [1.807, 2.05) is 6.92 Å². The molecule has 5 nitrogen and oxygen atoms in total. The Morgan fingerprint density at radius 3 is 2.67 bits per heavy atom. The second-order valence-electron chi connectivity index (χ2n) is 5.72. The van der Waals surface area contributed by atoms with Crippen molar-refractivity contribution in [3.05, 3.63) is 28.2 Å².